The van der Waals surface area contributed by atoms with Gasteiger partial charge < -0.3 is 9.64 Å². The van der Waals surface area contributed by atoms with E-state index in [0.717, 1.165) is 37.6 Å². The fraction of sp³-hybridized carbons (Fsp3) is 0.375. The Kier molecular flexibility index (Phi) is 5.50. The summed E-state index contributed by atoms with van der Waals surface area (Å²) >= 11 is 1.91. The molecule has 3 aromatic rings. The first kappa shape index (κ1) is 18.6. The normalized spacial score (nSPS) is 17.2. The second-order valence-electron chi connectivity index (χ2n) is 7.94. The molecule has 1 saturated heterocycles. The summed E-state index contributed by atoms with van der Waals surface area (Å²) in [7, 11) is 0. The molecule has 3 heterocycles. The van der Waals surface area contributed by atoms with Crippen LogP contribution < -0.4 is 9.64 Å². The summed E-state index contributed by atoms with van der Waals surface area (Å²) in [4.78, 5) is 11.4. The van der Waals surface area contributed by atoms with E-state index in [1.165, 1.54) is 53.6 Å². The zero-order chi connectivity index (χ0) is 19.5. The molecule has 2 aliphatic heterocycles. The SMILES string of the molecule is c1ccc(Oc2cccc(CN3CCc4nc(N5CCCCC5)sc4C3)c2)cc1. The van der Waals surface area contributed by atoms with Gasteiger partial charge in [0.15, 0.2) is 5.13 Å². The van der Waals surface area contributed by atoms with Crippen molar-refractivity contribution in [3.8, 4) is 11.5 Å². The Morgan fingerprint density at radius 1 is 0.897 bits per heavy atom. The minimum absolute atomic E-state index is 0.877. The highest BCUT2D eigenvalue weighted by atomic mass is 32.1. The number of anilines is 1. The van der Waals surface area contributed by atoms with Crippen molar-refractivity contribution in [2.24, 2.45) is 0 Å². The van der Waals surface area contributed by atoms with Gasteiger partial charge in [0.2, 0.25) is 0 Å². The fourth-order valence-corrected chi connectivity index (χ4v) is 5.38. The zero-order valence-corrected chi connectivity index (χ0v) is 17.5. The Morgan fingerprint density at radius 3 is 2.59 bits per heavy atom. The molecule has 1 aromatic heterocycles. The number of nitrogens with zero attached hydrogens (tertiary/aromatic N) is 3. The van der Waals surface area contributed by atoms with Gasteiger partial charge in [0.05, 0.1) is 5.69 Å². The number of hydrogen-bond acceptors (Lipinski definition) is 5. The Morgan fingerprint density at radius 2 is 1.72 bits per heavy atom. The zero-order valence-electron chi connectivity index (χ0n) is 16.7. The molecule has 0 radical (unpaired) electrons. The average molecular weight is 406 g/mol. The molecule has 29 heavy (non-hydrogen) atoms. The van der Waals surface area contributed by atoms with Crippen LogP contribution in [0.25, 0.3) is 0 Å². The standard InChI is InChI=1S/C24H27N3OS/c1-3-9-20(10-4-1)28-21-11-7-8-19(16-21)17-26-15-12-22-23(18-26)29-24(25-22)27-13-5-2-6-14-27/h1,3-4,7-11,16H,2,5-6,12-15,17-18H2. The first-order valence-electron chi connectivity index (χ1n) is 10.6. The van der Waals surface area contributed by atoms with E-state index in [4.69, 9.17) is 9.72 Å². The van der Waals surface area contributed by atoms with Crippen molar-refractivity contribution in [1.29, 1.82) is 0 Å². The van der Waals surface area contributed by atoms with Crippen LogP contribution in [-0.2, 0) is 19.5 Å². The smallest absolute Gasteiger partial charge is 0.185 e. The number of benzene rings is 2. The molecule has 2 aromatic carbocycles. The minimum atomic E-state index is 0.877. The van der Waals surface area contributed by atoms with E-state index in [9.17, 15) is 0 Å². The monoisotopic (exact) mass is 405 g/mol. The molecule has 0 N–H and O–H groups in total. The molecule has 0 amide bonds. The largest absolute Gasteiger partial charge is 0.457 e. The topological polar surface area (TPSA) is 28.6 Å². The molecular formula is C24H27N3OS. The molecule has 0 spiro atoms. The van der Waals surface area contributed by atoms with E-state index < -0.39 is 0 Å². The van der Waals surface area contributed by atoms with Crippen LogP contribution in [0.4, 0.5) is 5.13 Å². The average Bonchev–Trinajstić information content (AvgIpc) is 3.19. The number of rotatable bonds is 5. The maximum absolute atomic E-state index is 6.00. The van der Waals surface area contributed by atoms with Crippen LogP contribution in [-0.4, -0.2) is 29.5 Å². The summed E-state index contributed by atoms with van der Waals surface area (Å²) in [5.74, 6) is 1.78. The van der Waals surface area contributed by atoms with Crippen LogP contribution >= 0.6 is 11.3 Å². The molecule has 1 fully saturated rings. The second-order valence-corrected chi connectivity index (χ2v) is 9.00. The van der Waals surface area contributed by atoms with Crippen molar-refractivity contribution >= 4 is 16.5 Å². The van der Waals surface area contributed by atoms with Gasteiger partial charge in [-0.3, -0.25) is 4.90 Å². The van der Waals surface area contributed by atoms with Crippen LogP contribution in [0.1, 0.15) is 35.4 Å². The van der Waals surface area contributed by atoms with Gasteiger partial charge in [-0.1, -0.05) is 30.3 Å². The van der Waals surface area contributed by atoms with Crippen LogP contribution in [0.3, 0.4) is 0 Å². The van der Waals surface area contributed by atoms with Crippen LogP contribution in [0.2, 0.25) is 0 Å². The van der Waals surface area contributed by atoms with E-state index in [2.05, 4.69) is 28.0 Å². The van der Waals surface area contributed by atoms with E-state index >= 15 is 0 Å². The minimum Gasteiger partial charge on any atom is -0.457 e. The van der Waals surface area contributed by atoms with Crippen molar-refractivity contribution in [2.45, 2.75) is 38.8 Å². The number of ether oxygens (including phenoxy) is 1. The van der Waals surface area contributed by atoms with Gasteiger partial charge in [-0.05, 0) is 49.1 Å². The van der Waals surface area contributed by atoms with Crippen LogP contribution in [0.5, 0.6) is 11.5 Å². The molecule has 5 heteroatoms. The summed E-state index contributed by atoms with van der Waals surface area (Å²) in [6.45, 7) is 5.36. The lowest BCUT2D eigenvalue weighted by molar-refractivity contribution is 0.247. The van der Waals surface area contributed by atoms with Gasteiger partial charge in [0, 0.05) is 44.0 Å². The van der Waals surface area contributed by atoms with E-state index in [1.807, 2.05) is 47.7 Å². The summed E-state index contributed by atoms with van der Waals surface area (Å²) in [6, 6.07) is 18.4. The van der Waals surface area contributed by atoms with Crippen molar-refractivity contribution < 1.29 is 4.74 Å². The Bertz CT molecular complexity index is 950. The van der Waals surface area contributed by atoms with Crippen molar-refractivity contribution in [3.63, 3.8) is 0 Å². The lowest BCUT2D eigenvalue weighted by atomic mass is 10.1. The first-order chi connectivity index (χ1) is 14.3. The van der Waals surface area contributed by atoms with Crippen molar-refractivity contribution in [2.75, 3.05) is 24.5 Å². The summed E-state index contributed by atoms with van der Waals surface area (Å²) in [6.07, 6.45) is 5.03. The molecule has 5 rings (SSSR count). The molecule has 0 saturated carbocycles. The molecule has 4 nitrogen and oxygen atoms in total. The second kappa shape index (κ2) is 8.56. The molecule has 150 valence electrons. The van der Waals surface area contributed by atoms with Gasteiger partial charge in [-0.2, -0.15) is 0 Å². The lowest BCUT2D eigenvalue weighted by Gasteiger charge is -2.26. The Balaban J connectivity index is 1.24. The number of para-hydroxylation sites is 1. The first-order valence-corrected chi connectivity index (χ1v) is 11.4. The van der Waals surface area contributed by atoms with Gasteiger partial charge in [0.25, 0.3) is 0 Å². The van der Waals surface area contributed by atoms with Crippen molar-refractivity contribution in [3.05, 3.63) is 70.7 Å². The summed E-state index contributed by atoms with van der Waals surface area (Å²) < 4.78 is 6.00. The maximum Gasteiger partial charge on any atom is 0.185 e. The third-order valence-electron chi connectivity index (χ3n) is 5.71. The Hall–Kier alpha value is -2.37. The molecule has 2 aliphatic rings. The number of fused-ring (bicyclic) bond motifs is 1. The number of thiazole rings is 1. The third-order valence-corrected chi connectivity index (χ3v) is 6.85. The molecule has 0 aliphatic carbocycles. The predicted octanol–water partition coefficient (Wildman–Crippen LogP) is 5.48. The highest BCUT2D eigenvalue weighted by molar-refractivity contribution is 7.15. The predicted molar refractivity (Wildman–Crippen MR) is 119 cm³/mol. The fourth-order valence-electron chi connectivity index (χ4n) is 4.18. The molecule has 0 atom stereocenters. The Labute approximate surface area is 176 Å². The number of piperidine rings is 1. The van der Waals surface area contributed by atoms with Gasteiger partial charge in [0.1, 0.15) is 11.5 Å². The number of hydrogen-bond donors (Lipinski definition) is 0. The van der Waals surface area contributed by atoms with Crippen LogP contribution in [0, 0.1) is 0 Å². The summed E-state index contributed by atoms with van der Waals surface area (Å²) in [5.41, 5.74) is 2.62. The van der Waals surface area contributed by atoms with E-state index in [-0.39, 0.29) is 0 Å². The lowest BCUT2D eigenvalue weighted by Crippen LogP contribution is -2.29. The van der Waals surface area contributed by atoms with E-state index in [1.54, 1.807) is 0 Å². The quantitative estimate of drug-likeness (QED) is 0.562. The highest BCUT2D eigenvalue weighted by Crippen LogP contribution is 2.33. The molecular weight excluding hydrogens is 378 g/mol. The van der Waals surface area contributed by atoms with Crippen molar-refractivity contribution in [1.82, 2.24) is 9.88 Å². The van der Waals surface area contributed by atoms with Gasteiger partial charge in [-0.25, -0.2) is 4.98 Å². The van der Waals surface area contributed by atoms with Gasteiger partial charge in [-0.15, -0.1) is 11.3 Å². The maximum atomic E-state index is 6.00. The van der Waals surface area contributed by atoms with Crippen LogP contribution in [0.15, 0.2) is 54.6 Å². The highest BCUT2D eigenvalue weighted by Gasteiger charge is 2.23. The summed E-state index contributed by atoms with van der Waals surface area (Å²) in [5, 5.41) is 1.25. The number of aromatic nitrogens is 1. The van der Waals surface area contributed by atoms with E-state index in [0.29, 0.717) is 0 Å². The molecule has 0 unspecified atom stereocenters. The molecule has 0 bridgehead atoms. The van der Waals surface area contributed by atoms with Gasteiger partial charge >= 0.3 is 0 Å². The third kappa shape index (κ3) is 4.46.